The van der Waals surface area contributed by atoms with E-state index in [1.165, 1.54) is 0 Å². The summed E-state index contributed by atoms with van der Waals surface area (Å²) in [5, 5.41) is 8.02. The molecule has 1 saturated heterocycles. The molecule has 2 aliphatic rings. The summed E-state index contributed by atoms with van der Waals surface area (Å²) in [6.07, 6.45) is 4.05. The Bertz CT molecular complexity index is 853. The van der Waals surface area contributed by atoms with Crippen molar-refractivity contribution in [3.8, 4) is 11.1 Å². The molecule has 27 heavy (non-hydrogen) atoms. The van der Waals surface area contributed by atoms with Crippen LogP contribution in [0.25, 0.3) is 11.1 Å². The van der Waals surface area contributed by atoms with Gasteiger partial charge >= 0.3 is 0 Å². The highest BCUT2D eigenvalue weighted by molar-refractivity contribution is 6.30. The first-order chi connectivity index (χ1) is 13.0. The van der Waals surface area contributed by atoms with Crippen LogP contribution in [0.5, 0.6) is 0 Å². The van der Waals surface area contributed by atoms with Gasteiger partial charge in [-0.05, 0) is 36.5 Å². The monoisotopic (exact) mass is 386 g/mol. The zero-order valence-electron chi connectivity index (χ0n) is 15.3. The van der Waals surface area contributed by atoms with Crippen molar-refractivity contribution in [2.75, 3.05) is 18.4 Å². The number of rotatable bonds is 3. The van der Waals surface area contributed by atoms with Crippen molar-refractivity contribution in [1.82, 2.24) is 14.7 Å². The second kappa shape index (κ2) is 7.35. The normalized spacial score (nSPS) is 20.3. The Hall–Kier alpha value is -2.34. The molecule has 2 amide bonds. The maximum absolute atomic E-state index is 12.6. The predicted molar refractivity (Wildman–Crippen MR) is 104 cm³/mol. The van der Waals surface area contributed by atoms with Crippen molar-refractivity contribution in [1.29, 1.82) is 0 Å². The number of hydrogen-bond donors (Lipinski definition) is 1. The summed E-state index contributed by atoms with van der Waals surface area (Å²) in [7, 11) is 0. The van der Waals surface area contributed by atoms with Crippen LogP contribution in [0.15, 0.2) is 30.5 Å². The fourth-order valence-corrected chi connectivity index (χ4v) is 3.89. The van der Waals surface area contributed by atoms with Crippen LogP contribution in [0.1, 0.15) is 26.2 Å². The molecule has 0 radical (unpaired) electrons. The van der Waals surface area contributed by atoms with Gasteiger partial charge in [-0.2, -0.15) is 5.10 Å². The van der Waals surface area contributed by atoms with Gasteiger partial charge in [-0.25, -0.2) is 4.68 Å². The number of fused-ring (bicyclic) bond motifs is 1. The molecule has 1 N–H and O–H groups in total. The van der Waals surface area contributed by atoms with E-state index in [1.54, 1.807) is 10.9 Å². The summed E-state index contributed by atoms with van der Waals surface area (Å²) < 4.78 is 1.78. The minimum Gasteiger partial charge on any atom is -0.343 e. The summed E-state index contributed by atoms with van der Waals surface area (Å²) >= 11 is 5.95. The largest absolute Gasteiger partial charge is 0.343 e. The molecule has 0 aliphatic carbocycles. The second-order valence-electron chi connectivity index (χ2n) is 7.55. The van der Waals surface area contributed by atoms with E-state index in [1.807, 2.05) is 29.2 Å². The van der Waals surface area contributed by atoms with Crippen molar-refractivity contribution in [2.45, 2.75) is 32.7 Å². The van der Waals surface area contributed by atoms with Crippen molar-refractivity contribution in [2.24, 2.45) is 11.8 Å². The molecular formula is C20H23ClN4O2. The molecular weight excluding hydrogens is 364 g/mol. The Morgan fingerprint density at radius 2 is 1.96 bits per heavy atom. The lowest BCUT2D eigenvalue weighted by Gasteiger charge is -2.32. The Balaban J connectivity index is 1.47. The SMILES string of the molecule is CC1CCN(C(=O)C[C@H]2Cn3ncc(-c4ccc(Cl)cc4)c3NC2=O)CC1. The van der Waals surface area contributed by atoms with E-state index in [9.17, 15) is 9.59 Å². The predicted octanol–water partition coefficient (Wildman–Crippen LogP) is 3.42. The van der Waals surface area contributed by atoms with Gasteiger partial charge in [0.15, 0.2) is 0 Å². The van der Waals surface area contributed by atoms with Crippen LogP contribution >= 0.6 is 11.6 Å². The highest BCUT2D eigenvalue weighted by Gasteiger charge is 2.32. The summed E-state index contributed by atoms with van der Waals surface area (Å²) in [6, 6.07) is 7.43. The lowest BCUT2D eigenvalue weighted by atomic mass is 9.97. The minimum absolute atomic E-state index is 0.0654. The van der Waals surface area contributed by atoms with Crippen molar-refractivity contribution in [3.05, 3.63) is 35.5 Å². The lowest BCUT2D eigenvalue weighted by Crippen LogP contribution is -2.42. The highest BCUT2D eigenvalue weighted by Crippen LogP contribution is 2.32. The fourth-order valence-electron chi connectivity index (χ4n) is 3.76. The highest BCUT2D eigenvalue weighted by atomic mass is 35.5. The Morgan fingerprint density at radius 3 is 2.67 bits per heavy atom. The third-order valence-corrected chi connectivity index (χ3v) is 5.81. The maximum atomic E-state index is 12.6. The number of nitrogens with one attached hydrogen (secondary N) is 1. The quantitative estimate of drug-likeness (QED) is 0.878. The smallest absolute Gasteiger partial charge is 0.231 e. The average Bonchev–Trinajstić information content (AvgIpc) is 3.06. The first-order valence-electron chi connectivity index (χ1n) is 9.41. The van der Waals surface area contributed by atoms with Crippen LogP contribution in [-0.2, 0) is 16.1 Å². The number of aromatic nitrogens is 2. The van der Waals surface area contributed by atoms with Gasteiger partial charge in [0.05, 0.1) is 18.7 Å². The molecule has 3 heterocycles. The lowest BCUT2D eigenvalue weighted by molar-refractivity contribution is -0.136. The van der Waals surface area contributed by atoms with Crippen LogP contribution in [0.4, 0.5) is 5.82 Å². The van der Waals surface area contributed by atoms with E-state index < -0.39 is 0 Å². The molecule has 1 fully saturated rings. The van der Waals surface area contributed by atoms with Gasteiger partial charge in [-0.3, -0.25) is 9.59 Å². The van der Waals surface area contributed by atoms with E-state index in [0.29, 0.717) is 23.3 Å². The summed E-state index contributed by atoms with van der Waals surface area (Å²) in [5.74, 6) is 0.914. The molecule has 2 aliphatic heterocycles. The number of nitrogens with zero attached hydrogens (tertiary/aromatic N) is 3. The second-order valence-corrected chi connectivity index (χ2v) is 7.99. The minimum atomic E-state index is -0.387. The molecule has 7 heteroatoms. The number of hydrogen-bond acceptors (Lipinski definition) is 3. The van der Waals surface area contributed by atoms with E-state index in [4.69, 9.17) is 11.6 Å². The molecule has 0 spiro atoms. The van der Waals surface area contributed by atoms with Crippen LogP contribution in [0.3, 0.4) is 0 Å². The van der Waals surface area contributed by atoms with Gasteiger partial charge in [-0.1, -0.05) is 30.7 Å². The summed E-state index contributed by atoms with van der Waals surface area (Å²) in [6.45, 7) is 4.22. The third kappa shape index (κ3) is 3.72. The van der Waals surface area contributed by atoms with Crippen LogP contribution in [0, 0.1) is 11.8 Å². The van der Waals surface area contributed by atoms with Gasteiger partial charge in [0.25, 0.3) is 0 Å². The van der Waals surface area contributed by atoms with Crippen molar-refractivity contribution >= 4 is 29.2 Å². The zero-order chi connectivity index (χ0) is 19.0. The maximum Gasteiger partial charge on any atom is 0.231 e. The Labute approximate surface area is 163 Å². The van der Waals surface area contributed by atoms with Gasteiger partial charge < -0.3 is 10.2 Å². The number of benzene rings is 1. The van der Waals surface area contributed by atoms with Gasteiger partial charge in [-0.15, -0.1) is 0 Å². The molecule has 0 bridgehead atoms. The number of piperidine rings is 1. The number of anilines is 1. The van der Waals surface area contributed by atoms with Gasteiger partial charge in [0, 0.05) is 30.1 Å². The molecule has 1 atom stereocenters. The van der Waals surface area contributed by atoms with E-state index >= 15 is 0 Å². The van der Waals surface area contributed by atoms with Crippen LogP contribution in [0.2, 0.25) is 5.02 Å². The first-order valence-corrected chi connectivity index (χ1v) is 9.79. The third-order valence-electron chi connectivity index (χ3n) is 5.56. The van der Waals surface area contributed by atoms with Crippen LogP contribution < -0.4 is 5.32 Å². The van der Waals surface area contributed by atoms with Gasteiger partial charge in [0.1, 0.15) is 5.82 Å². The number of amides is 2. The number of likely N-dealkylation sites (tertiary alicyclic amines) is 1. The van der Waals surface area contributed by atoms with Crippen molar-refractivity contribution < 1.29 is 9.59 Å². The Kier molecular flexibility index (Phi) is 4.91. The van der Waals surface area contributed by atoms with E-state index in [2.05, 4.69) is 17.3 Å². The summed E-state index contributed by atoms with van der Waals surface area (Å²) in [4.78, 5) is 27.1. The van der Waals surface area contributed by atoms with Crippen molar-refractivity contribution in [3.63, 3.8) is 0 Å². The number of halogens is 1. The van der Waals surface area contributed by atoms with Gasteiger partial charge in [0.2, 0.25) is 11.8 Å². The molecule has 0 unspecified atom stereocenters. The average molecular weight is 387 g/mol. The fraction of sp³-hybridized carbons (Fsp3) is 0.450. The Morgan fingerprint density at radius 1 is 1.26 bits per heavy atom. The van der Waals surface area contributed by atoms with Crippen LogP contribution in [-0.4, -0.2) is 39.6 Å². The molecule has 4 rings (SSSR count). The zero-order valence-corrected chi connectivity index (χ0v) is 16.1. The molecule has 142 valence electrons. The molecule has 0 saturated carbocycles. The summed E-state index contributed by atoms with van der Waals surface area (Å²) in [5.41, 5.74) is 1.80. The standard InChI is InChI=1S/C20H23ClN4O2/c1-13-6-8-24(9-7-13)18(26)10-15-12-25-19(23-20(15)27)17(11-22-25)14-2-4-16(21)5-3-14/h2-5,11,13,15H,6-10,12H2,1H3,(H,23,27)/t15-/m0/s1. The molecule has 1 aromatic heterocycles. The molecule has 1 aromatic carbocycles. The first kappa shape index (κ1) is 18.0. The molecule has 2 aromatic rings. The number of carbonyl (C=O) groups is 2. The van der Waals surface area contributed by atoms with E-state index in [-0.39, 0.29) is 24.2 Å². The topological polar surface area (TPSA) is 67.2 Å². The number of carbonyl (C=O) groups excluding carboxylic acids is 2. The molecule has 6 nitrogen and oxygen atoms in total. The van der Waals surface area contributed by atoms with E-state index in [0.717, 1.165) is 37.1 Å².